The zero-order valence-electron chi connectivity index (χ0n) is 40.0. The molecule has 330 valence electrons. The van der Waals surface area contributed by atoms with Gasteiger partial charge in [0.2, 0.25) is 0 Å². The second kappa shape index (κ2) is 19.6. The van der Waals surface area contributed by atoms with Crippen LogP contribution in [0.4, 0.5) is 0 Å². The van der Waals surface area contributed by atoms with Crippen molar-refractivity contribution in [1.29, 1.82) is 0 Å². The fourth-order valence-electron chi connectivity index (χ4n) is 7.44. The molecule has 3 fully saturated rings. The maximum atomic E-state index is 11.6. The number of rotatable bonds is 17. The van der Waals surface area contributed by atoms with Crippen LogP contribution in [0.3, 0.4) is 0 Å². The molecule has 0 aliphatic carbocycles. The minimum Gasteiger partial charge on any atom is -0.408 e. The summed E-state index contributed by atoms with van der Waals surface area (Å²) in [6.45, 7) is 49.2. The van der Waals surface area contributed by atoms with Gasteiger partial charge in [-0.05, 0) is 137 Å². The molecule has 11 atom stereocenters. The van der Waals surface area contributed by atoms with E-state index in [1.165, 1.54) is 11.1 Å². The summed E-state index contributed by atoms with van der Waals surface area (Å²) in [4.78, 5) is 0. The molecule has 3 saturated heterocycles. The van der Waals surface area contributed by atoms with Gasteiger partial charge in [0.25, 0.3) is 0 Å². The van der Waals surface area contributed by atoms with Crippen molar-refractivity contribution in [3.8, 4) is 0 Å². The maximum absolute atomic E-state index is 11.6. The van der Waals surface area contributed by atoms with E-state index < -0.39 is 49.4 Å². The van der Waals surface area contributed by atoms with Gasteiger partial charge in [0, 0.05) is 0 Å². The highest BCUT2D eigenvalue weighted by Crippen LogP contribution is 2.47. The average molecular weight is 849 g/mol. The largest absolute Gasteiger partial charge is 0.408 e. The Morgan fingerprint density at radius 2 is 1.39 bits per heavy atom. The quantitative estimate of drug-likeness (QED) is 0.0887. The van der Waals surface area contributed by atoms with Crippen LogP contribution < -0.4 is 0 Å². The monoisotopic (exact) mass is 849 g/mol. The molecule has 0 saturated carbocycles. The number of fused-ring (bicyclic) bond motifs is 1. The van der Waals surface area contributed by atoms with Crippen molar-refractivity contribution < 1.29 is 32.6 Å². The molecule has 0 aromatic carbocycles. The summed E-state index contributed by atoms with van der Waals surface area (Å²) >= 11 is 0. The van der Waals surface area contributed by atoms with Gasteiger partial charge in [-0.3, -0.25) is 0 Å². The first-order chi connectivity index (χ1) is 25.9. The number of aliphatic hydroxyl groups is 1. The summed E-state index contributed by atoms with van der Waals surface area (Å²) in [5.74, 6) is 0.553. The van der Waals surface area contributed by atoms with E-state index in [4.69, 9.17) is 27.5 Å². The van der Waals surface area contributed by atoms with E-state index in [0.29, 0.717) is 12.3 Å². The van der Waals surface area contributed by atoms with Gasteiger partial charge in [0.1, 0.15) is 24.4 Å². The van der Waals surface area contributed by atoms with Crippen molar-refractivity contribution in [2.75, 3.05) is 0 Å². The lowest BCUT2D eigenvalue weighted by Crippen LogP contribution is -2.69. The van der Waals surface area contributed by atoms with Gasteiger partial charge in [-0.25, -0.2) is 0 Å². The minimum absolute atomic E-state index is 0.00484. The van der Waals surface area contributed by atoms with E-state index in [0.717, 1.165) is 44.9 Å². The highest BCUT2D eigenvalue weighted by molar-refractivity contribution is 6.75. The molecule has 57 heavy (non-hydrogen) atoms. The second-order valence-corrected chi connectivity index (χ2v) is 36.9. The number of ether oxygens (including phenoxy) is 3. The van der Waals surface area contributed by atoms with Crippen molar-refractivity contribution in [3.05, 3.63) is 42.2 Å². The lowest BCUT2D eigenvalue weighted by molar-refractivity contribution is -0.264. The molecule has 0 aromatic heterocycles. The number of hydrogen-bond acceptors (Lipinski definition) is 7. The van der Waals surface area contributed by atoms with Crippen LogP contribution >= 0.6 is 0 Å². The molecule has 0 aromatic rings. The summed E-state index contributed by atoms with van der Waals surface area (Å²) in [5.41, 5.74) is 5.41. The van der Waals surface area contributed by atoms with Crippen LogP contribution in [-0.2, 0) is 27.5 Å². The molecular weight excluding hydrogens is 761 g/mol. The predicted octanol–water partition coefficient (Wildman–Crippen LogP) is 12.4. The van der Waals surface area contributed by atoms with Crippen LogP contribution in [0, 0.1) is 5.92 Å². The van der Waals surface area contributed by atoms with Crippen molar-refractivity contribution in [1.82, 2.24) is 0 Å². The Labute approximate surface area is 354 Å². The summed E-state index contributed by atoms with van der Waals surface area (Å²) in [6.07, 6.45) is 8.72. The van der Waals surface area contributed by atoms with Crippen LogP contribution in [0.2, 0.25) is 54.4 Å². The van der Waals surface area contributed by atoms with Gasteiger partial charge >= 0.3 is 0 Å². The van der Waals surface area contributed by atoms with E-state index in [9.17, 15) is 5.11 Å². The average Bonchev–Trinajstić information content (AvgIpc) is 3.42. The van der Waals surface area contributed by atoms with Crippen molar-refractivity contribution in [2.45, 2.75) is 250 Å². The molecule has 0 spiro atoms. The first-order valence-corrected chi connectivity index (χ1v) is 31.0. The fourth-order valence-corrected chi connectivity index (χ4v) is 11.3. The van der Waals surface area contributed by atoms with E-state index in [-0.39, 0.29) is 51.7 Å². The van der Waals surface area contributed by atoms with Crippen LogP contribution in [0.25, 0.3) is 0 Å². The van der Waals surface area contributed by atoms with Crippen LogP contribution in [0.5, 0.6) is 0 Å². The molecule has 1 N–H and O–H groups in total. The molecule has 10 heteroatoms. The summed E-state index contributed by atoms with van der Waals surface area (Å²) < 4.78 is 43.0. The zero-order valence-corrected chi connectivity index (χ0v) is 43.0. The first kappa shape index (κ1) is 50.7. The normalized spacial score (nSPS) is 29.9. The van der Waals surface area contributed by atoms with E-state index in [1.807, 2.05) is 6.08 Å². The molecule has 7 nitrogen and oxygen atoms in total. The third kappa shape index (κ3) is 13.7. The molecule has 3 aliphatic rings. The number of hydrogen-bond donors (Lipinski definition) is 1. The lowest BCUT2D eigenvalue weighted by Gasteiger charge is -2.56. The van der Waals surface area contributed by atoms with Gasteiger partial charge < -0.3 is 32.6 Å². The van der Waals surface area contributed by atoms with Crippen molar-refractivity contribution in [2.24, 2.45) is 5.92 Å². The highest BCUT2D eigenvalue weighted by Gasteiger charge is 2.57. The Hall–Kier alpha value is -0.629. The van der Waals surface area contributed by atoms with Gasteiger partial charge in [-0.2, -0.15) is 0 Å². The molecule has 0 amide bonds. The molecule has 0 bridgehead atoms. The van der Waals surface area contributed by atoms with Gasteiger partial charge in [-0.1, -0.05) is 94.5 Å². The Bertz CT molecular complexity index is 1400. The smallest absolute Gasteiger partial charge is 0.193 e. The first-order valence-electron chi connectivity index (χ1n) is 22.3. The van der Waals surface area contributed by atoms with Crippen LogP contribution in [0.1, 0.15) is 134 Å². The van der Waals surface area contributed by atoms with Gasteiger partial charge in [0.15, 0.2) is 25.0 Å². The molecule has 0 radical (unpaired) electrons. The summed E-state index contributed by atoms with van der Waals surface area (Å²) in [7, 11) is -7.00. The topological polar surface area (TPSA) is 75.6 Å². The minimum atomic E-state index is -2.36. The van der Waals surface area contributed by atoms with Crippen LogP contribution in [-0.4, -0.2) is 91.1 Å². The third-order valence-electron chi connectivity index (χ3n) is 14.4. The molecule has 2 unspecified atom stereocenters. The summed E-state index contributed by atoms with van der Waals surface area (Å²) in [5, 5.41) is 11.5. The van der Waals surface area contributed by atoms with E-state index in [2.05, 4.69) is 147 Å². The molecule has 3 aliphatic heterocycles. The standard InChI is InChI=1S/C47H88O7Si3/c1-21-32(2)30-33(3)22-27-38-34(4)31-37(50-38)26-24-36(48)25-29-40(52-55(15,16)45(6,7)8)42-44(54-57(19,20)47(12,13)14)43(53-56(17,18)46(9,10)11)41-39(51-42)28-23-35(5)49-41/h25,29,33,35-44,48H,1,4,22-24,26-28,30-31H2,2-3,5-20H3/b29-25+/t33-,35-,36?,37?,38-,39-,40-,41-,42-,43-,44+/m0/s1. The third-order valence-corrected chi connectivity index (χ3v) is 27.9. The lowest BCUT2D eigenvalue weighted by atomic mass is 9.87. The van der Waals surface area contributed by atoms with E-state index in [1.54, 1.807) is 0 Å². The molecular formula is C47H88O7Si3. The van der Waals surface area contributed by atoms with E-state index >= 15 is 0 Å². The second-order valence-electron chi connectivity index (χ2n) is 22.6. The zero-order chi connectivity index (χ0) is 43.5. The Morgan fingerprint density at radius 1 is 0.825 bits per heavy atom. The Morgan fingerprint density at radius 3 is 1.93 bits per heavy atom. The number of allylic oxidation sites excluding steroid dienone is 1. The fraction of sp³-hybridized carbons (Fsp3) is 0.851. The summed E-state index contributed by atoms with van der Waals surface area (Å²) in [6, 6.07) is 0. The predicted molar refractivity (Wildman–Crippen MR) is 247 cm³/mol. The maximum Gasteiger partial charge on any atom is 0.193 e. The highest BCUT2D eigenvalue weighted by atomic mass is 28.4. The molecule has 3 heterocycles. The number of aliphatic hydroxyl groups excluding tert-OH is 1. The van der Waals surface area contributed by atoms with Crippen molar-refractivity contribution >= 4 is 25.0 Å². The SMILES string of the molecule is C=C=C(C)C[C@@H](C)CC[C@@H]1OC(CCC(O)/C=C/[C@H](O[Si](C)(C)C(C)(C)C)[C@@H]2O[C@H]3CC[C@H](C)O[C@@H]3[C@H](O[Si](C)(C)C(C)(C)C)[C@@H]2O[Si](C)(C)C(C)(C)C)CC1=C. The van der Waals surface area contributed by atoms with Gasteiger partial charge in [0.05, 0.1) is 36.6 Å². The Kier molecular flexibility index (Phi) is 17.4. The van der Waals surface area contributed by atoms with Crippen molar-refractivity contribution in [3.63, 3.8) is 0 Å². The van der Waals surface area contributed by atoms with Gasteiger partial charge in [-0.15, -0.1) is 5.73 Å². The van der Waals surface area contributed by atoms with Crippen LogP contribution in [0.15, 0.2) is 42.2 Å². The molecule has 3 rings (SSSR count). The Balaban J connectivity index is 1.96.